The number of anilines is 1. The van der Waals surface area contributed by atoms with Crippen LogP contribution >= 0.6 is 11.6 Å². The van der Waals surface area contributed by atoms with Crippen LogP contribution in [0.4, 0.5) is 10.1 Å². The van der Waals surface area contributed by atoms with Gasteiger partial charge in [0.1, 0.15) is 5.82 Å². The van der Waals surface area contributed by atoms with Gasteiger partial charge in [0.15, 0.2) is 11.5 Å². The Morgan fingerprint density at radius 1 is 1.13 bits per heavy atom. The molecule has 6 heteroatoms. The van der Waals surface area contributed by atoms with E-state index in [0.29, 0.717) is 41.0 Å². The van der Waals surface area contributed by atoms with Crippen LogP contribution in [0.3, 0.4) is 0 Å². The van der Waals surface area contributed by atoms with E-state index in [2.05, 4.69) is 5.32 Å². The van der Waals surface area contributed by atoms with Crippen molar-refractivity contribution >= 4 is 23.2 Å². The van der Waals surface area contributed by atoms with Crippen LogP contribution in [0.2, 0.25) is 5.02 Å². The van der Waals surface area contributed by atoms with Gasteiger partial charge < -0.3 is 14.8 Å². The van der Waals surface area contributed by atoms with Crippen molar-refractivity contribution in [2.24, 2.45) is 0 Å². The second-order valence-corrected chi connectivity index (χ2v) is 5.02. The largest absolute Gasteiger partial charge is 0.490 e. The third-order valence-electron chi connectivity index (χ3n) is 2.96. The summed E-state index contributed by atoms with van der Waals surface area (Å²) in [5.74, 6) is 0.0775. The van der Waals surface area contributed by atoms with Crippen LogP contribution in [0, 0.1) is 5.82 Å². The van der Waals surface area contributed by atoms with E-state index in [1.165, 1.54) is 30.3 Å². The zero-order valence-corrected chi connectivity index (χ0v) is 13.6. The lowest BCUT2D eigenvalue weighted by molar-refractivity contribution is 0.102. The van der Waals surface area contributed by atoms with Crippen molar-refractivity contribution in [3.63, 3.8) is 0 Å². The van der Waals surface area contributed by atoms with Gasteiger partial charge in [-0.3, -0.25) is 4.79 Å². The molecular weight excluding hydrogens is 321 g/mol. The minimum absolute atomic E-state index is 0.294. The van der Waals surface area contributed by atoms with Gasteiger partial charge in [0.2, 0.25) is 0 Å². The van der Waals surface area contributed by atoms with Crippen LogP contribution in [-0.4, -0.2) is 19.1 Å². The molecule has 0 unspecified atom stereocenters. The Morgan fingerprint density at radius 2 is 1.78 bits per heavy atom. The molecule has 1 amide bonds. The summed E-state index contributed by atoms with van der Waals surface area (Å²) in [5.41, 5.74) is 0.811. The van der Waals surface area contributed by atoms with Crippen LogP contribution in [0.1, 0.15) is 24.2 Å². The first-order valence-electron chi connectivity index (χ1n) is 7.21. The number of halogens is 2. The highest BCUT2D eigenvalue weighted by atomic mass is 35.5. The number of nitrogens with one attached hydrogen (secondary N) is 1. The summed E-state index contributed by atoms with van der Waals surface area (Å²) in [6.07, 6.45) is 0. The quantitative estimate of drug-likeness (QED) is 0.842. The summed E-state index contributed by atoms with van der Waals surface area (Å²) >= 11 is 6.18. The van der Waals surface area contributed by atoms with E-state index < -0.39 is 0 Å². The zero-order valence-electron chi connectivity index (χ0n) is 12.9. The normalized spacial score (nSPS) is 10.3. The fourth-order valence-electron chi connectivity index (χ4n) is 1.98. The monoisotopic (exact) mass is 337 g/mol. The average Bonchev–Trinajstić information content (AvgIpc) is 2.53. The van der Waals surface area contributed by atoms with Crippen molar-refractivity contribution in [2.45, 2.75) is 13.8 Å². The minimum atomic E-state index is -0.373. The highest BCUT2D eigenvalue weighted by molar-refractivity contribution is 6.32. The molecule has 0 heterocycles. The molecule has 122 valence electrons. The van der Waals surface area contributed by atoms with E-state index in [1.807, 2.05) is 13.8 Å². The van der Waals surface area contributed by atoms with Gasteiger partial charge in [-0.25, -0.2) is 4.39 Å². The summed E-state index contributed by atoms with van der Waals surface area (Å²) in [6, 6.07) is 8.58. The van der Waals surface area contributed by atoms with Crippen molar-refractivity contribution in [3.05, 3.63) is 52.8 Å². The standard InChI is InChI=1S/C17H17ClFNO3/c1-3-22-15-10-11(9-14(18)16(15)23-4-2)17(21)20-13-7-5-12(19)6-8-13/h5-10H,3-4H2,1-2H3,(H,20,21). The maximum absolute atomic E-state index is 12.9. The van der Waals surface area contributed by atoms with E-state index in [-0.39, 0.29) is 11.7 Å². The Morgan fingerprint density at radius 3 is 2.39 bits per heavy atom. The molecule has 2 rings (SSSR count). The molecule has 0 aliphatic heterocycles. The molecule has 0 saturated carbocycles. The Bertz CT molecular complexity index is 689. The lowest BCUT2D eigenvalue weighted by Crippen LogP contribution is -2.12. The maximum atomic E-state index is 12.9. The lowest BCUT2D eigenvalue weighted by Gasteiger charge is -2.14. The number of hydrogen-bond donors (Lipinski definition) is 1. The van der Waals surface area contributed by atoms with E-state index in [9.17, 15) is 9.18 Å². The molecule has 1 N–H and O–H groups in total. The summed E-state index contributed by atoms with van der Waals surface area (Å²) in [7, 11) is 0. The molecule has 0 atom stereocenters. The topological polar surface area (TPSA) is 47.6 Å². The number of benzene rings is 2. The molecule has 0 fully saturated rings. The van der Waals surface area contributed by atoms with Gasteiger partial charge in [0, 0.05) is 11.3 Å². The Labute approximate surface area is 139 Å². The highest BCUT2D eigenvalue weighted by Gasteiger charge is 2.16. The number of ether oxygens (including phenoxy) is 2. The van der Waals surface area contributed by atoms with Crippen molar-refractivity contribution < 1.29 is 18.7 Å². The van der Waals surface area contributed by atoms with Crippen molar-refractivity contribution in [2.75, 3.05) is 18.5 Å². The van der Waals surface area contributed by atoms with E-state index in [0.717, 1.165) is 0 Å². The predicted octanol–water partition coefficient (Wildman–Crippen LogP) is 4.53. The highest BCUT2D eigenvalue weighted by Crippen LogP contribution is 2.36. The molecule has 0 bridgehead atoms. The average molecular weight is 338 g/mol. The summed E-state index contributed by atoms with van der Waals surface area (Å²) in [6.45, 7) is 4.51. The van der Waals surface area contributed by atoms with E-state index >= 15 is 0 Å². The maximum Gasteiger partial charge on any atom is 0.255 e. The van der Waals surface area contributed by atoms with Gasteiger partial charge in [0.05, 0.1) is 18.2 Å². The molecule has 0 aliphatic rings. The van der Waals surface area contributed by atoms with Gasteiger partial charge in [-0.2, -0.15) is 0 Å². The second kappa shape index (κ2) is 7.83. The third kappa shape index (κ3) is 4.36. The second-order valence-electron chi connectivity index (χ2n) is 4.61. The Balaban J connectivity index is 2.27. The first-order valence-corrected chi connectivity index (χ1v) is 7.59. The molecule has 0 saturated heterocycles. The van der Waals surface area contributed by atoms with Crippen LogP contribution in [0.25, 0.3) is 0 Å². The van der Waals surface area contributed by atoms with Crippen LogP contribution < -0.4 is 14.8 Å². The van der Waals surface area contributed by atoms with Crippen molar-refractivity contribution in [1.29, 1.82) is 0 Å². The molecule has 0 radical (unpaired) electrons. The first kappa shape index (κ1) is 17.1. The molecule has 2 aromatic rings. The van der Waals surface area contributed by atoms with E-state index in [4.69, 9.17) is 21.1 Å². The molecule has 0 spiro atoms. The smallest absolute Gasteiger partial charge is 0.255 e. The molecular formula is C17H17ClFNO3. The Kier molecular flexibility index (Phi) is 5.82. The fraction of sp³-hybridized carbons (Fsp3) is 0.235. The van der Waals surface area contributed by atoms with Crippen molar-refractivity contribution in [1.82, 2.24) is 0 Å². The van der Waals surface area contributed by atoms with Crippen LogP contribution in [0.5, 0.6) is 11.5 Å². The number of rotatable bonds is 6. The fourth-order valence-corrected chi connectivity index (χ4v) is 2.25. The summed E-state index contributed by atoms with van der Waals surface area (Å²) in [5, 5.41) is 2.97. The number of hydrogen-bond acceptors (Lipinski definition) is 3. The molecule has 23 heavy (non-hydrogen) atoms. The summed E-state index contributed by atoms with van der Waals surface area (Å²) < 4.78 is 23.8. The van der Waals surface area contributed by atoms with Crippen LogP contribution in [0.15, 0.2) is 36.4 Å². The van der Waals surface area contributed by atoms with Crippen molar-refractivity contribution in [3.8, 4) is 11.5 Å². The third-order valence-corrected chi connectivity index (χ3v) is 3.24. The SMILES string of the molecule is CCOc1cc(C(=O)Nc2ccc(F)cc2)cc(Cl)c1OCC. The number of carbonyl (C=O) groups is 1. The molecule has 2 aromatic carbocycles. The predicted molar refractivity (Wildman–Crippen MR) is 88.1 cm³/mol. The Hall–Kier alpha value is -2.27. The van der Waals surface area contributed by atoms with Gasteiger partial charge in [0.25, 0.3) is 5.91 Å². The molecule has 0 aromatic heterocycles. The lowest BCUT2D eigenvalue weighted by atomic mass is 10.1. The summed E-state index contributed by atoms with van der Waals surface area (Å²) in [4.78, 5) is 12.3. The van der Waals surface area contributed by atoms with Gasteiger partial charge in [-0.1, -0.05) is 11.6 Å². The van der Waals surface area contributed by atoms with Gasteiger partial charge >= 0.3 is 0 Å². The van der Waals surface area contributed by atoms with Gasteiger partial charge in [-0.05, 0) is 50.2 Å². The van der Waals surface area contributed by atoms with Crippen LogP contribution in [-0.2, 0) is 0 Å². The first-order chi connectivity index (χ1) is 11.0. The molecule has 4 nitrogen and oxygen atoms in total. The minimum Gasteiger partial charge on any atom is -0.490 e. The number of amides is 1. The van der Waals surface area contributed by atoms with E-state index in [1.54, 1.807) is 6.07 Å². The number of carbonyl (C=O) groups excluding carboxylic acids is 1. The van der Waals surface area contributed by atoms with Gasteiger partial charge in [-0.15, -0.1) is 0 Å². The molecule has 0 aliphatic carbocycles. The zero-order chi connectivity index (χ0) is 16.8.